The molecule has 1 saturated carbocycles. The highest BCUT2D eigenvalue weighted by Gasteiger charge is 2.46. The highest BCUT2D eigenvalue weighted by atomic mass is 16.5. The third-order valence-electron chi connectivity index (χ3n) is 4.19. The number of likely N-dealkylation sites (N-methyl/N-ethyl adjacent to an activating group) is 1. The van der Waals surface area contributed by atoms with Crippen LogP contribution in [0.2, 0.25) is 0 Å². The van der Waals surface area contributed by atoms with E-state index in [4.69, 9.17) is 4.74 Å². The van der Waals surface area contributed by atoms with Crippen molar-refractivity contribution in [3.05, 3.63) is 0 Å². The second-order valence-corrected chi connectivity index (χ2v) is 5.21. The Morgan fingerprint density at radius 3 is 2.82 bits per heavy atom. The number of nitrogens with zero attached hydrogens (tertiary/aromatic N) is 2. The van der Waals surface area contributed by atoms with E-state index in [0.717, 1.165) is 32.7 Å². The molecule has 1 N–H and O–H groups in total. The quantitative estimate of drug-likeness (QED) is 0.774. The average Bonchev–Trinajstić information content (AvgIpc) is 3.21. The largest absolute Gasteiger partial charge is 0.378 e. The molecular weight excluding hydrogens is 214 g/mol. The van der Waals surface area contributed by atoms with Crippen LogP contribution in [-0.4, -0.2) is 49.8 Å². The van der Waals surface area contributed by atoms with Crippen molar-refractivity contribution in [3.63, 3.8) is 0 Å². The zero-order chi connectivity index (χ0) is 12.3. The highest BCUT2D eigenvalue weighted by Crippen LogP contribution is 2.40. The molecule has 0 amide bonds. The van der Waals surface area contributed by atoms with Crippen LogP contribution in [-0.2, 0) is 4.74 Å². The van der Waals surface area contributed by atoms with Crippen molar-refractivity contribution in [2.75, 3.05) is 33.4 Å². The SMILES string of the molecule is CCC1COCCN1CC(C#N)(NC)C1CC1. The fraction of sp³-hybridized carbons (Fsp3) is 0.923. The predicted octanol–water partition coefficient (Wildman–Crippen LogP) is 0.989. The summed E-state index contributed by atoms with van der Waals surface area (Å²) in [5.41, 5.74) is -0.342. The topological polar surface area (TPSA) is 48.3 Å². The molecule has 2 atom stereocenters. The summed E-state index contributed by atoms with van der Waals surface area (Å²) >= 11 is 0. The summed E-state index contributed by atoms with van der Waals surface area (Å²) in [5, 5.41) is 12.8. The molecule has 0 aromatic rings. The molecule has 1 aliphatic heterocycles. The molecule has 0 bridgehead atoms. The summed E-state index contributed by atoms with van der Waals surface area (Å²) in [4.78, 5) is 2.43. The second-order valence-electron chi connectivity index (χ2n) is 5.21. The molecule has 4 nitrogen and oxygen atoms in total. The fourth-order valence-corrected chi connectivity index (χ4v) is 2.76. The minimum Gasteiger partial charge on any atom is -0.378 e. The molecule has 1 saturated heterocycles. The second kappa shape index (κ2) is 5.34. The summed E-state index contributed by atoms with van der Waals surface area (Å²) in [6.45, 7) is 5.60. The molecule has 0 radical (unpaired) electrons. The Labute approximate surface area is 104 Å². The van der Waals surface area contributed by atoms with Crippen molar-refractivity contribution in [2.24, 2.45) is 5.92 Å². The first-order chi connectivity index (χ1) is 8.25. The van der Waals surface area contributed by atoms with E-state index in [1.807, 2.05) is 7.05 Å². The maximum Gasteiger partial charge on any atom is 0.122 e. The van der Waals surface area contributed by atoms with E-state index in [2.05, 4.69) is 23.2 Å². The summed E-state index contributed by atoms with van der Waals surface area (Å²) in [7, 11) is 1.92. The van der Waals surface area contributed by atoms with E-state index < -0.39 is 0 Å². The van der Waals surface area contributed by atoms with Gasteiger partial charge >= 0.3 is 0 Å². The van der Waals surface area contributed by atoms with Crippen LogP contribution in [0.25, 0.3) is 0 Å². The summed E-state index contributed by atoms with van der Waals surface area (Å²) in [6, 6.07) is 3.00. The Morgan fingerprint density at radius 2 is 2.29 bits per heavy atom. The number of hydrogen-bond acceptors (Lipinski definition) is 4. The Hall–Kier alpha value is -0.630. The third-order valence-corrected chi connectivity index (χ3v) is 4.19. The lowest BCUT2D eigenvalue weighted by Crippen LogP contribution is -2.57. The molecule has 2 fully saturated rings. The van der Waals surface area contributed by atoms with E-state index in [1.165, 1.54) is 12.8 Å². The number of nitriles is 1. The van der Waals surface area contributed by atoms with Gasteiger partial charge in [0, 0.05) is 19.1 Å². The number of hydrogen-bond donors (Lipinski definition) is 1. The average molecular weight is 237 g/mol. The van der Waals surface area contributed by atoms with Gasteiger partial charge in [0.2, 0.25) is 0 Å². The van der Waals surface area contributed by atoms with Crippen LogP contribution in [0.15, 0.2) is 0 Å². The molecule has 0 aromatic heterocycles. The number of rotatable bonds is 5. The molecule has 4 heteroatoms. The van der Waals surface area contributed by atoms with Crippen LogP contribution in [0, 0.1) is 17.2 Å². The van der Waals surface area contributed by atoms with Crippen molar-refractivity contribution in [1.29, 1.82) is 5.26 Å². The van der Waals surface area contributed by atoms with Gasteiger partial charge in [-0.1, -0.05) is 6.92 Å². The fourth-order valence-electron chi connectivity index (χ4n) is 2.76. The monoisotopic (exact) mass is 237 g/mol. The van der Waals surface area contributed by atoms with Crippen molar-refractivity contribution in [3.8, 4) is 6.07 Å². The van der Waals surface area contributed by atoms with E-state index in [-0.39, 0.29) is 5.54 Å². The predicted molar refractivity (Wildman–Crippen MR) is 66.6 cm³/mol. The highest BCUT2D eigenvalue weighted by molar-refractivity contribution is 5.16. The van der Waals surface area contributed by atoms with Crippen LogP contribution in [0.5, 0.6) is 0 Å². The lowest BCUT2D eigenvalue weighted by molar-refractivity contribution is -0.0180. The van der Waals surface area contributed by atoms with Gasteiger partial charge in [-0.15, -0.1) is 0 Å². The molecule has 1 aliphatic carbocycles. The van der Waals surface area contributed by atoms with E-state index >= 15 is 0 Å². The maximum absolute atomic E-state index is 9.51. The van der Waals surface area contributed by atoms with Gasteiger partial charge in [0.15, 0.2) is 0 Å². The summed E-state index contributed by atoms with van der Waals surface area (Å²) in [6.07, 6.45) is 3.47. The normalized spacial score (nSPS) is 29.6. The zero-order valence-electron chi connectivity index (χ0n) is 10.9. The zero-order valence-corrected chi connectivity index (χ0v) is 10.9. The van der Waals surface area contributed by atoms with Crippen LogP contribution in [0.1, 0.15) is 26.2 Å². The summed E-state index contributed by atoms with van der Waals surface area (Å²) < 4.78 is 5.52. The third kappa shape index (κ3) is 2.62. The minimum absolute atomic E-state index is 0.342. The van der Waals surface area contributed by atoms with Crippen LogP contribution >= 0.6 is 0 Å². The standard InChI is InChI=1S/C13H23N3O/c1-3-12-8-17-7-6-16(12)10-13(9-14,15-2)11-4-5-11/h11-12,15H,3-8,10H2,1-2H3. The first-order valence-corrected chi connectivity index (χ1v) is 6.67. The Balaban J connectivity index is 2.03. The molecule has 0 aromatic carbocycles. The van der Waals surface area contributed by atoms with Crippen molar-refractivity contribution in [1.82, 2.24) is 10.2 Å². The van der Waals surface area contributed by atoms with Gasteiger partial charge in [0.05, 0.1) is 19.3 Å². The van der Waals surface area contributed by atoms with E-state index in [0.29, 0.717) is 12.0 Å². The smallest absolute Gasteiger partial charge is 0.122 e. The van der Waals surface area contributed by atoms with Crippen molar-refractivity contribution < 1.29 is 4.74 Å². The van der Waals surface area contributed by atoms with Gasteiger partial charge in [-0.05, 0) is 32.2 Å². The number of morpholine rings is 1. The van der Waals surface area contributed by atoms with E-state index in [9.17, 15) is 5.26 Å². The molecular formula is C13H23N3O. The molecule has 2 rings (SSSR count). The molecule has 2 aliphatic rings. The van der Waals surface area contributed by atoms with Gasteiger partial charge < -0.3 is 10.1 Å². The van der Waals surface area contributed by atoms with Gasteiger partial charge in [0.1, 0.15) is 5.54 Å². The maximum atomic E-state index is 9.51. The van der Waals surface area contributed by atoms with Crippen LogP contribution in [0.3, 0.4) is 0 Å². The number of nitrogens with one attached hydrogen (secondary N) is 1. The first kappa shape index (κ1) is 12.8. The molecule has 2 unspecified atom stereocenters. The van der Waals surface area contributed by atoms with Gasteiger partial charge in [-0.25, -0.2) is 0 Å². The van der Waals surface area contributed by atoms with Gasteiger partial charge in [0.25, 0.3) is 0 Å². The lowest BCUT2D eigenvalue weighted by atomic mass is 9.93. The van der Waals surface area contributed by atoms with Crippen LogP contribution in [0.4, 0.5) is 0 Å². The molecule has 17 heavy (non-hydrogen) atoms. The van der Waals surface area contributed by atoms with Crippen molar-refractivity contribution >= 4 is 0 Å². The van der Waals surface area contributed by atoms with Gasteiger partial charge in [-0.3, -0.25) is 4.90 Å². The van der Waals surface area contributed by atoms with Gasteiger partial charge in [-0.2, -0.15) is 5.26 Å². The Bertz CT molecular complexity index is 298. The Morgan fingerprint density at radius 1 is 1.53 bits per heavy atom. The van der Waals surface area contributed by atoms with Crippen LogP contribution < -0.4 is 5.32 Å². The molecule has 1 heterocycles. The molecule has 0 spiro atoms. The van der Waals surface area contributed by atoms with Crippen molar-refractivity contribution in [2.45, 2.75) is 37.8 Å². The number of ether oxygens (including phenoxy) is 1. The lowest BCUT2D eigenvalue weighted by Gasteiger charge is -2.40. The summed E-state index contributed by atoms with van der Waals surface area (Å²) in [5.74, 6) is 0.540. The first-order valence-electron chi connectivity index (χ1n) is 6.67. The van der Waals surface area contributed by atoms with E-state index in [1.54, 1.807) is 0 Å². The molecule has 96 valence electrons. The Kier molecular flexibility index (Phi) is 4.03. The minimum atomic E-state index is -0.342.